The molecule has 0 unspecified atom stereocenters. The number of ether oxygens (including phenoxy) is 3. The molecule has 1 saturated heterocycles. The summed E-state index contributed by atoms with van der Waals surface area (Å²) in [6, 6.07) is 7.14. The van der Waals surface area contributed by atoms with E-state index in [0.717, 1.165) is 0 Å². The van der Waals surface area contributed by atoms with E-state index in [1.54, 1.807) is 18.2 Å². The van der Waals surface area contributed by atoms with Crippen LogP contribution in [0.4, 0.5) is 10.5 Å². The Bertz CT molecular complexity index is 715. The van der Waals surface area contributed by atoms with Crippen LogP contribution in [0.15, 0.2) is 24.3 Å². The topological polar surface area (TPSA) is 82.1 Å². The van der Waals surface area contributed by atoms with E-state index in [9.17, 15) is 14.4 Å². The van der Waals surface area contributed by atoms with E-state index in [0.29, 0.717) is 11.3 Å². The maximum absolute atomic E-state index is 12.5. The van der Waals surface area contributed by atoms with Crippen LogP contribution in [0.1, 0.15) is 19.4 Å². The van der Waals surface area contributed by atoms with Crippen molar-refractivity contribution in [3.05, 3.63) is 29.8 Å². The molecule has 3 rings (SSSR count). The highest BCUT2D eigenvalue weighted by molar-refractivity contribution is 6.03. The van der Waals surface area contributed by atoms with E-state index in [1.807, 2.05) is 19.9 Å². The predicted molar refractivity (Wildman–Crippen MR) is 83.2 cm³/mol. The van der Waals surface area contributed by atoms with Gasteiger partial charge in [0.2, 0.25) is 0 Å². The lowest BCUT2D eigenvalue weighted by atomic mass is 9.64. The van der Waals surface area contributed by atoms with Crippen molar-refractivity contribution in [1.29, 1.82) is 0 Å². The van der Waals surface area contributed by atoms with Gasteiger partial charge in [0.1, 0.15) is 0 Å². The van der Waals surface area contributed by atoms with E-state index in [2.05, 4.69) is 0 Å². The molecular formula is C17H19NO6. The van der Waals surface area contributed by atoms with Crippen molar-refractivity contribution >= 4 is 23.7 Å². The number of hydrogen-bond donors (Lipinski definition) is 0. The minimum Gasteiger partial charge on any atom is -0.468 e. The van der Waals surface area contributed by atoms with Crippen molar-refractivity contribution in [2.75, 3.05) is 19.1 Å². The zero-order chi connectivity index (χ0) is 17.6. The van der Waals surface area contributed by atoms with Gasteiger partial charge in [-0.05, 0) is 17.5 Å². The highest BCUT2D eigenvalue weighted by Gasteiger charge is 2.70. The molecule has 0 saturated carbocycles. The van der Waals surface area contributed by atoms with Gasteiger partial charge in [-0.3, -0.25) is 9.59 Å². The number of hydrogen-bond acceptors (Lipinski definition) is 6. The number of benzene rings is 1. The van der Waals surface area contributed by atoms with Crippen LogP contribution in [-0.4, -0.2) is 38.5 Å². The van der Waals surface area contributed by atoms with Gasteiger partial charge in [-0.25, -0.2) is 9.69 Å². The average molecular weight is 333 g/mol. The number of esters is 2. The molecule has 128 valence electrons. The second-order valence-corrected chi connectivity index (χ2v) is 6.19. The molecule has 0 aliphatic carbocycles. The van der Waals surface area contributed by atoms with Crippen LogP contribution in [0.3, 0.4) is 0 Å². The van der Waals surface area contributed by atoms with Gasteiger partial charge in [0.25, 0.3) is 0 Å². The molecule has 2 heterocycles. The van der Waals surface area contributed by atoms with Gasteiger partial charge in [-0.2, -0.15) is 0 Å². The SMILES string of the molecule is COC(=O)[C@H]1C(=O)O[C@H]2N(C(=O)OC)c3ccccc3[C@@]12C(C)C. The molecule has 7 heteroatoms. The Labute approximate surface area is 139 Å². The molecule has 1 fully saturated rings. The van der Waals surface area contributed by atoms with E-state index in [-0.39, 0.29) is 5.92 Å². The summed E-state index contributed by atoms with van der Waals surface area (Å²) in [7, 11) is 2.49. The van der Waals surface area contributed by atoms with Gasteiger partial charge in [0.15, 0.2) is 12.1 Å². The van der Waals surface area contributed by atoms with Crippen LogP contribution in [0, 0.1) is 11.8 Å². The van der Waals surface area contributed by atoms with Gasteiger partial charge >= 0.3 is 18.0 Å². The van der Waals surface area contributed by atoms with Gasteiger partial charge in [-0.1, -0.05) is 32.0 Å². The highest BCUT2D eigenvalue weighted by atomic mass is 16.6. The van der Waals surface area contributed by atoms with Crippen LogP contribution >= 0.6 is 0 Å². The Balaban J connectivity index is 2.30. The van der Waals surface area contributed by atoms with Crippen molar-refractivity contribution in [1.82, 2.24) is 0 Å². The molecule has 0 radical (unpaired) electrons. The number of rotatable bonds is 2. The molecule has 3 atom stereocenters. The molecular weight excluding hydrogens is 314 g/mol. The number of amides is 1. The summed E-state index contributed by atoms with van der Waals surface area (Å²) >= 11 is 0. The van der Waals surface area contributed by atoms with Crippen molar-refractivity contribution in [3.63, 3.8) is 0 Å². The van der Waals surface area contributed by atoms with Crippen LogP contribution in [0.25, 0.3) is 0 Å². The molecule has 1 aromatic carbocycles. The summed E-state index contributed by atoms with van der Waals surface area (Å²) < 4.78 is 15.2. The number of anilines is 1. The minimum atomic E-state index is -1.14. The molecule has 1 aromatic rings. The number of carbonyl (C=O) groups excluding carboxylic acids is 3. The van der Waals surface area contributed by atoms with Crippen LogP contribution in [-0.2, 0) is 29.2 Å². The highest BCUT2D eigenvalue weighted by Crippen LogP contribution is 2.58. The summed E-state index contributed by atoms with van der Waals surface area (Å²) in [5, 5.41) is 0. The maximum Gasteiger partial charge on any atom is 0.417 e. The van der Waals surface area contributed by atoms with E-state index in [4.69, 9.17) is 14.2 Å². The molecule has 0 aromatic heterocycles. The summed E-state index contributed by atoms with van der Waals surface area (Å²) in [6.07, 6.45) is -1.59. The van der Waals surface area contributed by atoms with Crippen molar-refractivity contribution in [3.8, 4) is 0 Å². The third kappa shape index (κ3) is 1.81. The normalized spacial score (nSPS) is 27.5. The molecule has 2 aliphatic rings. The summed E-state index contributed by atoms with van der Waals surface area (Å²) in [6.45, 7) is 3.78. The van der Waals surface area contributed by atoms with Gasteiger partial charge < -0.3 is 14.2 Å². The molecule has 0 bridgehead atoms. The summed E-state index contributed by atoms with van der Waals surface area (Å²) in [4.78, 5) is 38.5. The van der Waals surface area contributed by atoms with E-state index >= 15 is 0 Å². The zero-order valence-corrected chi connectivity index (χ0v) is 13.9. The third-order valence-corrected chi connectivity index (χ3v) is 4.98. The largest absolute Gasteiger partial charge is 0.468 e. The first-order valence-corrected chi connectivity index (χ1v) is 7.66. The molecule has 7 nitrogen and oxygen atoms in total. The Morgan fingerprint density at radius 3 is 2.46 bits per heavy atom. The van der Waals surface area contributed by atoms with E-state index in [1.165, 1.54) is 19.1 Å². The predicted octanol–water partition coefficient (Wildman–Crippen LogP) is 1.84. The molecule has 2 aliphatic heterocycles. The smallest absolute Gasteiger partial charge is 0.417 e. The lowest BCUT2D eigenvalue weighted by Crippen LogP contribution is -2.52. The standard InChI is InChI=1S/C17H19NO6/c1-9(2)17-10-7-5-6-8-11(10)18(16(21)23-4)15(17)24-14(20)12(17)13(19)22-3/h5-9,12,15H,1-4H3/t12-,15+,17-/m0/s1. The first kappa shape index (κ1) is 16.3. The van der Waals surface area contributed by atoms with Crippen LogP contribution in [0.2, 0.25) is 0 Å². The number of para-hydroxylation sites is 1. The van der Waals surface area contributed by atoms with Gasteiger partial charge in [0.05, 0.1) is 25.3 Å². The second-order valence-electron chi connectivity index (χ2n) is 6.19. The maximum atomic E-state index is 12.5. The quantitative estimate of drug-likeness (QED) is 0.467. The van der Waals surface area contributed by atoms with Crippen molar-refractivity contribution < 1.29 is 28.6 Å². The Kier molecular flexibility index (Phi) is 3.74. The zero-order valence-electron chi connectivity index (χ0n) is 13.9. The monoisotopic (exact) mass is 333 g/mol. The fourth-order valence-electron chi connectivity index (χ4n) is 3.98. The number of nitrogens with zero attached hydrogens (tertiary/aromatic N) is 1. The third-order valence-electron chi connectivity index (χ3n) is 4.98. The molecule has 0 N–H and O–H groups in total. The summed E-state index contributed by atoms with van der Waals surface area (Å²) in [5.74, 6) is -2.67. The number of carbonyl (C=O) groups is 3. The molecule has 0 spiro atoms. The van der Waals surface area contributed by atoms with Gasteiger partial charge in [0, 0.05) is 0 Å². The van der Waals surface area contributed by atoms with Crippen LogP contribution < -0.4 is 4.90 Å². The Morgan fingerprint density at radius 2 is 1.88 bits per heavy atom. The van der Waals surface area contributed by atoms with Crippen molar-refractivity contribution in [2.24, 2.45) is 11.8 Å². The minimum absolute atomic E-state index is 0.172. The molecule has 24 heavy (non-hydrogen) atoms. The number of fused-ring (bicyclic) bond motifs is 3. The van der Waals surface area contributed by atoms with Gasteiger partial charge in [-0.15, -0.1) is 0 Å². The Morgan fingerprint density at radius 1 is 1.21 bits per heavy atom. The summed E-state index contributed by atoms with van der Waals surface area (Å²) in [5.41, 5.74) is 0.260. The second kappa shape index (κ2) is 5.51. The van der Waals surface area contributed by atoms with Crippen LogP contribution in [0.5, 0.6) is 0 Å². The molecule has 1 amide bonds. The lowest BCUT2D eigenvalue weighted by Gasteiger charge is -2.35. The fourth-order valence-corrected chi connectivity index (χ4v) is 3.98. The lowest BCUT2D eigenvalue weighted by molar-refractivity contribution is -0.155. The van der Waals surface area contributed by atoms with E-state index < -0.39 is 35.6 Å². The average Bonchev–Trinajstić information content (AvgIpc) is 3.02. The first-order chi connectivity index (χ1) is 11.4. The first-order valence-electron chi connectivity index (χ1n) is 7.66. The Hall–Kier alpha value is -2.57. The van der Waals surface area contributed by atoms with Crippen molar-refractivity contribution in [2.45, 2.75) is 25.5 Å². The number of methoxy groups -OCH3 is 2. The fraction of sp³-hybridized carbons (Fsp3) is 0.471.